The Bertz CT molecular complexity index is 753. The SMILES string of the molecule is COC(=O)C(Cc1ccc(O)cc1)NC(=O)c1ccc(OCC(C)C)cc1. The average molecular weight is 371 g/mol. The number of rotatable bonds is 8. The third kappa shape index (κ3) is 6.33. The van der Waals surface area contributed by atoms with Crippen LogP contribution in [0, 0.1) is 5.92 Å². The highest BCUT2D eigenvalue weighted by molar-refractivity contribution is 5.96. The van der Waals surface area contributed by atoms with Gasteiger partial charge in [0.25, 0.3) is 5.91 Å². The number of methoxy groups -OCH3 is 1. The zero-order valence-corrected chi connectivity index (χ0v) is 15.8. The summed E-state index contributed by atoms with van der Waals surface area (Å²) in [6.45, 7) is 4.72. The van der Waals surface area contributed by atoms with Gasteiger partial charge in [-0.05, 0) is 47.9 Å². The molecule has 0 aliphatic rings. The number of carbonyl (C=O) groups is 2. The maximum absolute atomic E-state index is 12.5. The molecular formula is C21H25NO5. The first-order valence-corrected chi connectivity index (χ1v) is 8.78. The van der Waals surface area contributed by atoms with Gasteiger partial charge in [-0.3, -0.25) is 4.79 Å². The zero-order chi connectivity index (χ0) is 19.8. The van der Waals surface area contributed by atoms with E-state index in [9.17, 15) is 14.7 Å². The Morgan fingerprint density at radius 2 is 1.67 bits per heavy atom. The minimum atomic E-state index is -0.830. The van der Waals surface area contributed by atoms with Gasteiger partial charge in [-0.1, -0.05) is 26.0 Å². The van der Waals surface area contributed by atoms with Gasteiger partial charge in [0.05, 0.1) is 13.7 Å². The molecule has 6 nitrogen and oxygen atoms in total. The van der Waals surface area contributed by atoms with Crippen LogP contribution >= 0.6 is 0 Å². The average Bonchev–Trinajstić information content (AvgIpc) is 2.67. The molecule has 0 heterocycles. The van der Waals surface area contributed by atoms with E-state index >= 15 is 0 Å². The van der Waals surface area contributed by atoms with Gasteiger partial charge in [-0.25, -0.2) is 4.79 Å². The lowest BCUT2D eigenvalue weighted by molar-refractivity contribution is -0.142. The highest BCUT2D eigenvalue weighted by atomic mass is 16.5. The molecule has 2 aromatic rings. The second-order valence-electron chi connectivity index (χ2n) is 6.65. The molecule has 6 heteroatoms. The Kier molecular flexibility index (Phi) is 7.23. The number of phenolic OH excluding ortho intramolecular Hbond substituents is 1. The Labute approximate surface area is 159 Å². The third-order valence-electron chi connectivity index (χ3n) is 3.87. The second-order valence-corrected chi connectivity index (χ2v) is 6.65. The van der Waals surface area contributed by atoms with E-state index in [1.165, 1.54) is 19.2 Å². The summed E-state index contributed by atoms with van der Waals surface area (Å²) in [6.07, 6.45) is 0.258. The molecule has 2 N–H and O–H groups in total. The number of ether oxygens (including phenoxy) is 2. The smallest absolute Gasteiger partial charge is 0.328 e. The Balaban J connectivity index is 2.04. The minimum absolute atomic E-state index is 0.136. The quantitative estimate of drug-likeness (QED) is 0.697. The van der Waals surface area contributed by atoms with Crippen LogP contribution in [0.25, 0.3) is 0 Å². The van der Waals surface area contributed by atoms with E-state index in [1.807, 2.05) is 0 Å². The van der Waals surface area contributed by atoms with Crippen LogP contribution in [0.3, 0.4) is 0 Å². The highest BCUT2D eigenvalue weighted by Crippen LogP contribution is 2.15. The standard InChI is InChI=1S/C21H25NO5/c1-14(2)13-27-18-10-6-16(7-11-18)20(24)22-19(21(25)26-3)12-15-4-8-17(23)9-5-15/h4-11,14,19,23H,12-13H2,1-3H3,(H,22,24). The van der Waals surface area contributed by atoms with Crippen molar-refractivity contribution in [1.29, 1.82) is 0 Å². The number of benzene rings is 2. The molecule has 144 valence electrons. The largest absolute Gasteiger partial charge is 0.508 e. The summed E-state index contributed by atoms with van der Waals surface area (Å²) in [5.74, 6) is 0.327. The van der Waals surface area contributed by atoms with Gasteiger partial charge in [0.1, 0.15) is 17.5 Å². The first-order valence-electron chi connectivity index (χ1n) is 8.78. The van der Waals surface area contributed by atoms with Crippen molar-refractivity contribution in [3.05, 3.63) is 59.7 Å². The Morgan fingerprint density at radius 1 is 1.04 bits per heavy atom. The van der Waals surface area contributed by atoms with Gasteiger partial charge < -0.3 is 19.9 Å². The van der Waals surface area contributed by atoms with E-state index in [4.69, 9.17) is 9.47 Å². The van der Waals surface area contributed by atoms with Crippen LogP contribution in [-0.2, 0) is 16.0 Å². The van der Waals surface area contributed by atoms with Crippen LogP contribution in [0.2, 0.25) is 0 Å². The van der Waals surface area contributed by atoms with Crippen molar-refractivity contribution in [2.24, 2.45) is 5.92 Å². The normalized spacial score (nSPS) is 11.7. The first kappa shape index (κ1) is 20.3. The third-order valence-corrected chi connectivity index (χ3v) is 3.87. The monoisotopic (exact) mass is 371 g/mol. The van der Waals surface area contributed by atoms with E-state index in [2.05, 4.69) is 19.2 Å². The predicted molar refractivity (Wildman–Crippen MR) is 102 cm³/mol. The molecule has 0 radical (unpaired) electrons. The summed E-state index contributed by atoms with van der Waals surface area (Å²) in [5, 5.41) is 12.1. The molecule has 1 amide bonds. The molecule has 2 rings (SSSR count). The lowest BCUT2D eigenvalue weighted by atomic mass is 10.1. The van der Waals surface area contributed by atoms with Gasteiger partial charge in [0, 0.05) is 12.0 Å². The van der Waals surface area contributed by atoms with Crippen molar-refractivity contribution >= 4 is 11.9 Å². The van der Waals surface area contributed by atoms with Gasteiger partial charge in [-0.2, -0.15) is 0 Å². The first-order chi connectivity index (χ1) is 12.9. The van der Waals surface area contributed by atoms with Crippen molar-refractivity contribution in [3.8, 4) is 11.5 Å². The van der Waals surface area contributed by atoms with Crippen LogP contribution in [0.5, 0.6) is 11.5 Å². The van der Waals surface area contributed by atoms with Crippen molar-refractivity contribution < 1.29 is 24.2 Å². The van der Waals surface area contributed by atoms with Crippen molar-refractivity contribution in [2.75, 3.05) is 13.7 Å². The Hall–Kier alpha value is -3.02. The molecule has 1 atom stereocenters. The molecule has 0 spiro atoms. The Morgan fingerprint density at radius 3 is 2.22 bits per heavy atom. The van der Waals surface area contributed by atoms with Gasteiger partial charge in [0.2, 0.25) is 0 Å². The number of nitrogens with one attached hydrogen (secondary N) is 1. The van der Waals surface area contributed by atoms with Crippen LogP contribution in [0.1, 0.15) is 29.8 Å². The molecule has 0 saturated carbocycles. The van der Waals surface area contributed by atoms with E-state index in [0.29, 0.717) is 23.8 Å². The molecule has 0 bridgehead atoms. The number of hydrogen-bond acceptors (Lipinski definition) is 5. The molecule has 2 aromatic carbocycles. The van der Waals surface area contributed by atoms with Crippen LogP contribution < -0.4 is 10.1 Å². The highest BCUT2D eigenvalue weighted by Gasteiger charge is 2.22. The second kappa shape index (κ2) is 9.62. The molecule has 0 aliphatic heterocycles. The summed E-state index contributed by atoms with van der Waals surface area (Å²) >= 11 is 0. The van der Waals surface area contributed by atoms with E-state index in [-0.39, 0.29) is 18.1 Å². The maximum Gasteiger partial charge on any atom is 0.328 e. The predicted octanol–water partition coefficient (Wildman–Crippen LogP) is 2.94. The van der Waals surface area contributed by atoms with Gasteiger partial charge in [0.15, 0.2) is 0 Å². The number of carbonyl (C=O) groups excluding carboxylic acids is 2. The summed E-state index contributed by atoms with van der Waals surface area (Å²) < 4.78 is 10.4. The summed E-state index contributed by atoms with van der Waals surface area (Å²) in [5.41, 5.74) is 1.22. The number of hydrogen-bond donors (Lipinski definition) is 2. The lowest BCUT2D eigenvalue weighted by Crippen LogP contribution is -2.43. The lowest BCUT2D eigenvalue weighted by Gasteiger charge is -2.17. The topological polar surface area (TPSA) is 84.9 Å². The van der Waals surface area contributed by atoms with E-state index in [1.54, 1.807) is 36.4 Å². The summed E-state index contributed by atoms with van der Waals surface area (Å²) in [6, 6.07) is 12.4. The van der Waals surface area contributed by atoms with Crippen molar-refractivity contribution in [1.82, 2.24) is 5.32 Å². The summed E-state index contributed by atoms with van der Waals surface area (Å²) in [4.78, 5) is 24.5. The van der Waals surface area contributed by atoms with Gasteiger partial charge in [-0.15, -0.1) is 0 Å². The van der Waals surface area contributed by atoms with Crippen molar-refractivity contribution in [3.63, 3.8) is 0 Å². The molecule has 0 fully saturated rings. The van der Waals surface area contributed by atoms with Crippen LogP contribution in [0.15, 0.2) is 48.5 Å². The van der Waals surface area contributed by atoms with Crippen LogP contribution in [0.4, 0.5) is 0 Å². The fraction of sp³-hybridized carbons (Fsp3) is 0.333. The molecular weight excluding hydrogens is 346 g/mol. The molecule has 27 heavy (non-hydrogen) atoms. The minimum Gasteiger partial charge on any atom is -0.508 e. The molecule has 1 unspecified atom stereocenters. The fourth-order valence-corrected chi connectivity index (χ4v) is 2.41. The fourth-order valence-electron chi connectivity index (χ4n) is 2.41. The molecule has 0 saturated heterocycles. The zero-order valence-electron chi connectivity index (χ0n) is 15.8. The van der Waals surface area contributed by atoms with Gasteiger partial charge >= 0.3 is 5.97 Å². The van der Waals surface area contributed by atoms with E-state index in [0.717, 1.165) is 5.56 Å². The van der Waals surface area contributed by atoms with E-state index < -0.39 is 12.0 Å². The molecule has 0 aromatic heterocycles. The number of aromatic hydroxyl groups is 1. The van der Waals surface area contributed by atoms with Crippen LogP contribution in [-0.4, -0.2) is 36.7 Å². The number of phenols is 1. The maximum atomic E-state index is 12.5. The number of amides is 1. The molecule has 0 aliphatic carbocycles. The van der Waals surface area contributed by atoms with Crippen molar-refractivity contribution in [2.45, 2.75) is 26.3 Å². The summed E-state index contributed by atoms with van der Waals surface area (Å²) in [7, 11) is 1.28. The number of esters is 1.